The van der Waals surface area contributed by atoms with Crippen LogP contribution in [0.5, 0.6) is 5.75 Å². The Balaban J connectivity index is 0.000000696. The van der Waals surface area contributed by atoms with Crippen LogP contribution in [0.1, 0.15) is 18.1 Å². The summed E-state index contributed by atoms with van der Waals surface area (Å²) in [7, 11) is -2.08. The molecule has 0 saturated carbocycles. The highest BCUT2D eigenvalue weighted by Crippen LogP contribution is 2.20. The van der Waals surface area contributed by atoms with Crippen LogP contribution in [0.3, 0.4) is 0 Å². The van der Waals surface area contributed by atoms with Crippen LogP contribution in [0.4, 0.5) is 0 Å². The number of halogens is 1. The van der Waals surface area contributed by atoms with Gasteiger partial charge in [0.1, 0.15) is 12.4 Å². The third-order valence-electron chi connectivity index (χ3n) is 3.59. The molecule has 0 radical (unpaired) electrons. The van der Waals surface area contributed by atoms with Crippen molar-refractivity contribution >= 4 is 27.6 Å². The predicted octanol–water partition coefficient (Wildman–Crippen LogP) is 2.43. The minimum atomic E-state index is -3.67. The molecule has 2 aromatic carbocycles. The van der Waals surface area contributed by atoms with Crippen molar-refractivity contribution in [1.82, 2.24) is 5.32 Å². The molecule has 0 fully saturated rings. The van der Waals surface area contributed by atoms with Crippen LogP contribution >= 0.6 is 11.6 Å². The first-order chi connectivity index (χ1) is 12.9. The van der Waals surface area contributed by atoms with E-state index in [1.807, 2.05) is 48.5 Å². The van der Waals surface area contributed by atoms with Gasteiger partial charge in [0.25, 0.3) is 10.1 Å². The van der Waals surface area contributed by atoms with Gasteiger partial charge >= 0.3 is 0 Å². The molecule has 0 bridgehead atoms. The molecule has 2 rings (SSSR count). The van der Waals surface area contributed by atoms with Crippen molar-refractivity contribution in [1.29, 1.82) is 0 Å². The molecule has 0 aromatic heterocycles. The quantitative estimate of drug-likeness (QED) is 0.608. The molecule has 0 unspecified atom stereocenters. The number of nitrogens with two attached hydrogens (primary N) is 1. The van der Waals surface area contributed by atoms with E-state index in [1.165, 1.54) is 0 Å². The number of carbonyl (C=O) groups excluding carboxylic acids is 1. The molecule has 0 saturated heterocycles. The Morgan fingerprint density at radius 2 is 1.75 bits per heavy atom. The van der Waals surface area contributed by atoms with Gasteiger partial charge in [-0.3, -0.25) is 9.35 Å². The van der Waals surface area contributed by atoms with Gasteiger partial charge in [-0.25, -0.2) is 0 Å². The summed E-state index contributed by atoms with van der Waals surface area (Å²) in [6.45, 7) is 2.12. The lowest BCUT2D eigenvalue weighted by molar-refractivity contribution is -0.125. The second kappa shape index (κ2) is 10.4. The molecule has 2 aromatic rings. The Morgan fingerprint density at radius 3 is 2.25 bits per heavy atom. The van der Waals surface area contributed by atoms with Crippen LogP contribution in [0.2, 0.25) is 5.02 Å². The molecular weight excluding hydrogens is 404 g/mol. The first-order valence-electron chi connectivity index (χ1n) is 8.31. The van der Waals surface area contributed by atoms with Crippen LogP contribution in [-0.4, -0.2) is 37.7 Å². The maximum Gasteiger partial charge on any atom is 0.261 e. The molecule has 28 heavy (non-hydrogen) atoms. The minimum absolute atomic E-state index is 0.184. The van der Waals surface area contributed by atoms with Crippen LogP contribution in [0.25, 0.3) is 0 Å². The first kappa shape index (κ1) is 23.9. The largest absolute Gasteiger partial charge is 0.489 e. The van der Waals surface area contributed by atoms with E-state index in [1.54, 1.807) is 14.0 Å². The van der Waals surface area contributed by atoms with Crippen molar-refractivity contribution in [2.45, 2.75) is 25.5 Å². The van der Waals surface area contributed by atoms with Crippen LogP contribution in [0, 0.1) is 0 Å². The van der Waals surface area contributed by atoms with Gasteiger partial charge in [0, 0.05) is 17.6 Å². The number of ether oxygens (including phenoxy) is 1. The van der Waals surface area contributed by atoms with Gasteiger partial charge in [-0.15, -0.1) is 0 Å². The van der Waals surface area contributed by atoms with Crippen molar-refractivity contribution in [3.8, 4) is 5.75 Å². The topological polar surface area (TPSA) is 119 Å². The summed E-state index contributed by atoms with van der Waals surface area (Å²) >= 11 is 6.10. The summed E-state index contributed by atoms with van der Waals surface area (Å²) in [5, 5.41) is 3.27. The highest BCUT2D eigenvalue weighted by Gasteiger charge is 2.27. The van der Waals surface area contributed by atoms with E-state index in [0.29, 0.717) is 24.3 Å². The number of nitrogens with one attached hydrogen (secondary N) is 1. The zero-order valence-corrected chi connectivity index (χ0v) is 17.5. The fourth-order valence-electron chi connectivity index (χ4n) is 2.27. The van der Waals surface area contributed by atoms with Gasteiger partial charge in [0.15, 0.2) is 0 Å². The number of hydrogen-bond donors (Lipinski definition) is 3. The van der Waals surface area contributed by atoms with Gasteiger partial charge in [-0.05, 0) is 37.1 Å². The lowest BCUT2D eigenvalue weighted by Gasteiger charge is -2.22. The zero-order valence-electron chi connectivity index (χ0n) is 16.0. The molecule has 0 spiro atoms. The van der Waals surface area contributed by atoms with Crippen molar-refractivity contribution < 1.29 is 22.5 Å². The number of amides is 1. The molecule has 0 aliphatic heterocycles. The average Bonchev–Trinajstić information content (AvgIpc) is 2.60. The number of likely N-dealkylation sites (N-methyl/N-ethyl adjacent to an activating group) is 1. The standard InChI is InChI=1S/C18H21ClN2O2.CH4O3S/c1-18(20,17(22)21-2)11-13-7-9-15(10-8-13)23-12-14-5-3-4-6-16(14)19;1-5(2,3)4/h3-10H,11-12,20H2,1-2H3,(H,21,22);1H3,(H,2,3,4)/t18-;/m0./s1. The molecule has 0 aliphatic rings. The number of rotatable bonds is 6. The fraction of sp³-hybridized carbons (Fsp3) is 0.316. The SMILES string of the molecule is CNC(=O)[C@@](C)(N)Cc1ccc(OCc2ccccc2Cl)cc1.CS(=O)(=O)O. The molecule has 7 nitrogen and oxygen atoms in total. The Morgan fingerprint density at radius 1 is 1.21 bits per heavy atom. The van der Waals surface area contributed by atoms with Crippen molar-refractivity contribution in [2.75, 3.05) is 13.3 Å². The monoisotopic (exact) mass is 428 g/mol. The van der Waals surface area contributed by atoms with Crippen molar-refractivity contribution in [3.05, 3.63) is 64.7 Å². The molecule has 4 N–H and O–H groups in total. The highest BCUT2D eigenvalue weighted by molar-refractivity contribution is 7.85. The fourth-order valence-corrected chi connectivity index (χ4v) is 2.46. The van der Waals surface area contributed by atoms with Crippen LogP contribution < -0.4 is 15.8 Å². The van der Waals surface area contributed by atoms with Gasteiger partial charge in [0.2, 0.25) is 5.91 Å². The third kappa shape index (κ3) is 9.18. The molecule has 1 amide bonds. The Hall–Kier alpha value is -2.13. The molecule has 1 atom stereocenters. The second-order valence-corrected chi connectivity index (χ2v) is 8.30. The normalized spacial score (nSPS) is 12.9. The zero-order chi connectivity index (χ0) is 21.4. The Bertz CT molecular complexity index is 875. The van der Waals surface area contributed by atoms with E-state index >= 15 is 0 Å². The first-order valence-corrected chi connectivity index (χ1v) is 10.5. The Kier molecular flexibility index (Phi) is 8.90. The summed E-state index contributed by atoms with van der Waals surface area (Å²) in [4.78, 5) is 11.7. The summed E-state index contributed by atoms with van der Waals surface area (Å²) in [5.74, 6) is 0.559. The summed E-state index contributed by atoms with van der Waals surface area (Å²) in [6.07, 6.45) is 1.17. The minimum Gasteiger partial charge on any atom is -0.489 e. The van der Waals surface area contributed by atoms with E-state index < -0.39 is 15.7 Å². The third-order valence-corrected chi connectivity index (χ3v) is 3.96. The van der Waals surface area contributed by atoms with E-state index in [4.69, 9.17) is 26.6 Å². The number of benzene rings is 2. The van der Waals surface area contributed by atoms with Gasteiger partial charge in [-0.1, -0.05) is 41.9 Å². The van der Waals surface area contributed by atoms with Crippen LogP contribution in [-0.2, 0) is 27.9 Å². The molecule has 0 aliphatic carbocycles. The van der Waals surface area contributed by atoms with E-state index in [9.17, 15) is 13.2 Å². The average molecular weight is 429 g/mol. The maximum absolute atomic E-state index is 11.7. The maximum atomic E-state index is 11.7. The predicted molar refractivity (Wildman–Crippen MR) is 110 cm³/mol. The van der Waals surface area contributed by atoms with Gasteiger partial charge < -0.3 is 15.8 Å². The lowest BCUT2D eigenvalue weighted by Crippen LogP contribution is -2.52. The van der Waals surface area contributed by atoms with E-state index in [0.717, 1.165) is 16.9 Å². The molecule has 9 heteroatoms. The van der Waals surface area contributed by atoms with Gasteiger partial charge in [-0.2, -0.15) is 8.42 Å². The molecule has 154 valence electrons. The number of carbonyl (C=O) groups is 1. The molecule has 0 heterocycles. The van der Waals surface area contributed by atoms with Gasteiger partial charge in [0.05, 0.1) is 11.8 Å². The van der Waals surface area contributed by atoms with E-state index in [2.05, 4.69) is 5.32 Å². The second-order valence-electron chi connectivity index (χ2n) is 6.43. The van der Waals surface area contributed by atoms with Crippen LogP contribution in [0.15, 0.2) is 48.5 Å². The lowest BCUT2D eigenvalue weighted by atomic mass is 9.93. The smallest absolute Gasteiger partial charge is 0.261 e. The van der Waals surface area contributed by atoms with Crippen molar-refractivity contribution in [2.24, 2.45) is 5.73 Å². The van der Waals surface area contributed by atoms with E-state index in [-0.39, 0.29) is 5.91 Å². The highest BCUT2D eigenvalue weighted by atomic mass is 35.5. The summed E-state index contributed by atoms with van der Waals surface area (Å²) < 4.78 is 31.6. The molecular formula is C19H25ClN2O5S. The Labute approximate surface area is 170 Å². The summed E-state index contributed by atoms with van der Waals surface area (Å²) in [5.41, 5.74) is 7.01. The van der Waals surface area contributed by atoms with Crippen molar-refractivity contribution in [3.63, 3.8) is 0 Å². The number of hydrogen-bond acceptors (Lipinski definition) is 5. The summed E-state index contributed by atoms with van der Waals surface area (Å²) in [6, 6.07) is 15.1.